The standard InChI is InChI=1S/C19H18O7/c1-3-4-10(2)19(23)26-17-14(22)7-12(20)16-13(21)8-15(25-18(16)17)11-5-6-24-9-11/h4-7,9,15,20,22H,3,8H2,1-2H3. The molecule has 0 amide bonds. The molecule has 0 bridgehead atoms. The van der Waals surface area contributed by atoms with Gasteiger partial charge in [0.05, 0.1) is 18.9 Å². The second kappa shape index (κ2) is 6.95. The third-order valence-electron chi connectivity index (χ3n) is 4.05. The molecule has 7 heteroatoms. The Kier molecular flexibility index (Phi) is 4.71. The van der Waals surface area contributed by atoms with Crippen molar-refractivity contribution in [3.05, 3.63) is 47.4 Å². The Bertz CT molecular complexity index is 878. The summed E-state index contributed by atoms with van der Waals surface area (Å²) in [6.45, 7) is 3.45. The number of phenols is 2. The van der Waals surface area contributed by atoms with Gasteiger partial charge in [0.15, 0.2) is 17.3 Å². The van der Waals surface area contributed by atoms with Crippen molar-refractivity contribution >= 4 is 11.8 Å². The molecule has 2 aromatic rings. The maximum Gasteiger partial charge on any atom is 0.339 e. The van der Waals surface area contributed by atoms with Crippen LogP contribution in [-0.2, 0) is 4.79 Å². The van der Waals surface area contributed by atoms with Crippen LogP contribution in [0.1, 0.15) is 48.7 Å². The van der Waals surface area contributed by atoms with E-state index in [0.717, 1.165) is 6.07 Å². The zero-order chi connectivity index (χ0) is 18.8. The van der Waals surface area contributed by atoms with Crippen molar-refractivity contribution in [2.45, 2.75) is 32.8 Å². The molecular weight excluding hydrogens is 340 g/mol. The van der Waals surface area contributed by atoms with Gasteiger partial charge in [-0.3, -0.25) is 4.79 Å². The second-order valence-electron chi connectivity index (χ2n) is 5.92. The summed E-state index contributed by atoms with van der Waals surface area (Å²) in [5, 5.41) is 20.2. The van der Waals surface area contributed by atoms with Crippen LogP contribution in [0.2, 0.25) is 0 Å². The molecule has 0 aliphatic carbocycles. The van der Waals surface area contributed by atoms with Crippen molar-refractivity contribution in [3.8, 4) is 23.0 Å². The molecule has 0 saturated carbocycles. The zero-order valence-corrected chi connectivity index (χ0v) is 14.3. The summed E-state index contributed by atoms with van der Waals surface area (Å²) >= 11 is 0. The van der Waals surface area contributed by atoms with E-state index in [1.807, 2.05) is 6.92 Å². The molecule has 136 valence electrons. The highest BCUT2D eigenvalue weighted by molar-refractivity contribution is 6.04. The number of furan rings is 1. The number of benzene rings is 1. The van der Waals surface area contributed by atoms with E-state index in [-0.39, 0.29) is 23.5 Å². The number of ether oxygens (including phenoxy) is 2. The van der Waals surface area contributed by atoms with E-state index < -0.39 is 29.4 Å². The second-order valence-corrected chi connectivity index (χ2v) is 5.92. The monoisotopic (exact) mass is 358 g/mol. The van der Waals surface area contributed by atoms with Crippen LogP contribution in [0.25, 0.3) is 0 Å². The molecule has 1 aliphatic rings. The molecule has 2 heterocycles. The quantitative estimate of drug-likeness (QED) is 0.488. The highest BCUT2D eigenvalue weighted by Gasteiger charge is 2.35. The number of allylic oxidation sites excluding steroid dienone is 1. The van der Waals surface area contributed by atoms with Crippen LogP contribution >= 0.6 is 0 Å². The molecule has 0 saturated heterocycles. The van der Waals surface area contributed by atoms with E-state index in [4.69, 9.17) is 13.9 Å². The molecule has 0 radical (unpaired) electrons. The minimum absolute atomic E-state index is 0.0208. The van der Waals surface area contributed by atoms with Gasteiger partial charge in [-0.1, -0.05) is 13.0 Å². The van der Waals surface area contributed by atoms with Crippen molar-refractivity contribution in [2.24, 2.45) is 0 Å². The Hall–Kier alpha value is -3.22. The number of hydrogen-bond donors (Lipinski definition) is 2. The maximum absolute atomic E-state index is 12.5. The molecule has 0 spiro atoms. The van der Waals surface area contributed by atoms with Gasteiger partial charge < -0.3 is 24.1 Å². The maximum atomic E-state index is 12.5. The Morgan fingerprint density at radius 3 is 2.81 bits per heavy atom. The van der Waals surface area contributed by atoms with Crippen LogP contribution in [0.4, 0.5) is 0 Å². The molecule has 7 nitrogen and oxygen atoms in total. The van der Waals surface area contributed by atoms with Crippen molar-refractivity contribution < 1.29 is 33.7 Å². The van der Waals surface area contributed by atoms with Gasteiger partial charge in [0, 0.05) is 17.2 Å². The lowest BCUT2D eigenvalue weighted by Crippen LogP contribution is -2.21. The Morgan fingerprint density at radius 1 is 1.38 bits per heavy atom. The number of Topliss-reactive ketones (excluding diaryl/α,β-unsaturated/α-hetero) is 1. The fourth-order valence-corrected chi connectivity index (χ4v) is 2.76. The number of phenolic OH excluding ortho intramolecular Hbond substituents is 2. The number of aromatic hydroxyl groups is 2. The number of esters is 1. The average Bonchev–Trinajstić information content (AvgIpc) is 3.12. The van der Waals surface area contributed by atoms with Gasteiger partial charge in [0.25, 0.3) is 0 Å². The lowest BCUT2D eigenvalue weighted by molar-refractivity contribution is -0.130. The molecule has 1 aromatic heterocycles. The fraction of sp³-hybridized carbons (Fsp3) is 0.263. The summed E-state index contributed by atoms with van der Waals surface area (Å²) in [4.78, 5) is 24.7. The molecule has 1 aliphatic heterocycles. The third kappa shape index (κ3) is 3.15. The number of ketones is 1. The zero-order valence-electron chi connectivity index (χ0n) is 14.3. The molecule has 26 heavy (non-hydrogen) atoms. The molecule has 0 fully saturated rings. The predicted octanol–water partition coefficient (Wildman–Crippen LogP) is 3.66. The van der Waals surface area contributed by atoms with Crippen molar-refractivity contribution in [3.63, 3.8) is 0 Å². The SMILES string of the molecule is CCC=C(C)C(=O)Oc1c(O)cc(O)c2c1OC(c1ccoc1)CC2=O. The summed E-state index contributed by atoms with van der Waals surface area (Å²) in [6.07, 6.45) is 4.49. The van der Waals surface area contributed by atoms with E-state index >= 15 is 0 Å². The summed E-state index contributed by atoms with van der Waals surface area (Å²) < 4.78 is 16.0. The molecule has 2 N–H and O–H groups in total. The Morgan fingerprint density at radius 2 is 2.15 bits per heavy atom. The first-order valence-electron chi connectivity index (χ1n) is 8.12. The molecule has 1 unspecified atom stereocenters. The van der Waals surface area contributed by atoms with E-state index in [0.29, 0.717) is 17.6 Å². The van der Waals surface area contributed by atoms with Crippen LogP contribution < -0.4 is 9.47 Å². The summed E-state index contributed by atoms with van der Waals surface area (Å²) in [5.74, 6) is -2.48. The van der Waals surface area contributed by atoms with Crippen molar-refractivity contribution in [1.29, 1.82) is 0 Å². The lowest BCUT2D eigenvalue weighted by Gasteiger charge is -2.26. The minimum Gasteiger partial charge on any atom is -0.507 e. The first-order chi connectivity index (χ1) is 12.4. The molecule has 1 atom stereocenters. The van der Waals surface area contributed by atoms with Gasteiger partial charge >= 0.3 is 5.97 Å². The van der Waals surface area contributed by atoms with E-state index in [9.17, 15) is 19.8 Å². The van der Waals surface area contributed by atoms with E-state index in [1.54, 1.807) is 19.1 Å². The summed E-state index contributed by atoms with van der Waals surface area (Å²) in [7, 11) is 0. The highest BCUT2D eigenvalue weighted by atomic mass is 16.6. The largest absolute Gasteiger partial charge is 0.507 e. The van der Waals surface area contributed by atoms with Gasteiger partial charge in [-0.15, -0.1) is 0 Å². The number of rotatable bonds is 4. The molecule has 1 aromatic carbocycles. The first kappa shape index (κ1) is 17.6. The topological polar surface area (TPSA) is 106 Å². The van der Waals surface area contributed by atoms with Gasteiger partial charge in [0.2, 0.25) is 5.75 Å². The number of carbonyl (C=O) groups is 2. The predicted molar refractivity (Wildman–Crippen MR) is 90.5 cm³/mol. The van der Waals surface area contributed by atoms with E-state index in [1.165, 1.54) is 12.5 Å². The van der Waals surface area contributed by atoms with Crippen molar-refractivity contribution in [1.82, 2.24) is 0 Å². The average molecular weight is 358 g/mol. The van der Waals surface area contributed by atoms with Gasteiger partial charge in [-0.2, -0.15) is 0 Å². The van der Waals surface area contributed by atoms with E-state index in [2.05, 4.69) is 0 Å². The summed E-state index contributed by atoms with van der Waals surface area (Å²) in [5.41, 5.74) is 0.843. The minimum atomic E-state index is -0.684. The third-order valence-corrected chi connectivity index (χ3v) is 4.05. The van der Waals surface area contributed by atoms with Crippen molar-refractivity contribution in [2.75, 3.05) is 0 Å². The number of carbonyl (C=O) groups excluding carboxylic acids is 2. The number of hydrogen-bond acceptors (Lipinski definition) is 7. The van der Waals surface area contributed by atoms with Crippen LogP contribution in [0.15, 0.2) is 40.7 Å². The van der Waals surface area contributed by atoms with Crippen LogP contribution in [0.3, 0.4) is 0 Å². The smallest absolute Gasteiger partial charge is 0.339 e. The first-order valence-corrected chi connectivity index (χ1v) is 8.12. The number of fused-ring (bicyclic) bond motifs is 1. The summed E-state index contributed by atoms with van der Waals surface area (Å²) in [6, 6.07) is 2.60. The fourth-order valence-electron chi connectivity index (χ4n) is 2.76. The Labute approximate surface area is 149 Å². The van der Waals surface area contributed by atoms with Gasteiger partial charge in [0.1, 0.15) is 17.4 Å². The van der Waals surface area contributed by atoms with Crippen LogP contribution in [0, 0.1) is 0 Å². The van der Waals surface area contributed by atoms with Crippen LogP contribution in [0.5, 0.6) is 23.0 Å². The van der Waals surface area contributed by atoms with Gasteiger partial charge in [-0.05, 0) is 19.4 Å². The van der Waals surface area contributed by atoms with Crippen LogP contribution in [-0.4, -0.2) is 22.0 Å². The molecular formula is C19H18O7. The highest BCUT2D eigenvalue weighted by Crippen LogP contribution is 2.49. The molecule has 3 rings (SSSR count). The van der Waals surface area contributed by atoms with Gasteiger partial charge in [-0.25, -0.2) is 4.79 Å². The lowest BCUT2D eigenvalue weighted by atomic mass is 9.96. The normalized spacial score (nSPS) is 16.8. The Balaban J connectivity index is 2.04.